The van der Waals surface area contributed by atoms with Gasteiger partial charge < -0.3 is 20.1 Å². The average molecular weight is 429 g/mol. The highest BCUT2D eigenvalue weighted by atomic mass is 16.5. The molecular weight excluding hydrogens is 396 g/mol. The van der Waals surface area contributed by atoms with Gasteiger partial charge in [-0.15, -0.1) is 5.10 Å². The van der Waals surface area contributed by atoms with Crippen LogP contribution in [0.1, 0.15) is 47.3 Å². The number of anilines is 1. The molecule has 1 fully saturated rings. The van der Waals surface area contributed by atoms with Crippen molar-refractivity contribution in [2.45, 2.75) is 59.4 Å². The molecule has 0 aliphatic carbocycles. The lowest BCUT2D eigenvalue weighted by Crippen LogP contribution is -2.42. The summed E-state index contributed by atoms with van der Waals surface area (Å²) in [6, 6.07) is 0.332. The smallest absolute Gasteiger partial charge is 0.243 e. The van der Waals surface area contributed by atoms with E-state index in [-0.39, 0.29) is 12.3 Å². The first kappa shape index (κ1) is 21.5. The van der Waals surface area contributed by atoms with Crippen LogP contribution in [0.4, 0.5) is 5.95 Å². The first-order chi connectivity index (χ1) is 15.0. The highest BCUT2D eigenvalue weighted by Gasteiger charge is 2.24. The number of ether oxygens (including phenoxy) is 2. The van der Waals surface area contributed by atoms with E-state index < -0.39 is 0 Å². The van der Waals surface area contributed by atoms with Gasteiger partial charge in [0.25, 0.3) is 0 Å². The number of nitrogens with zero attached hydrogens (tertiary/aromatic N) is 6. The van der Waals surface area contributed by atoms with Crippen molar-refractivity contribution in [3.05, 3.63) is 18.7 Å². The standard InChI is InChI=1S/C21H32N8O2/c1-6-30-15(5)28-11-16(10-24-28)18-19(31-13(2)3)20-26-21(27-29(20)12-23-18)25-17-7-8-22-9-14(17)4/h10-15,17,22H,6-9H2,1-5H3,(H,25,27)/t14-,15?,17+/m1/s1. The van der Waals surface area contributed by atoms with Crippen molar-refractivity contribution < 1.29 is 9.47 Å². The Morgan fingerprint density at radius 1 is 1.32 bits per heavy atom. The second-order valence-corrected chi connectivity index (χ2v) is 8.28. The SMILES string of the molecule is CCOC(C)n1cc(-c2ncn3nc(N[C@H]4CCNC[C@H]4C)nc3c2OC(C)C)cn1. The van der Waals surface area contributed by atoms with Gasteiger partial charge in [-0.3, -0.25) is 0 Å². The maximum absolute atomic E-state index is 6.16. The zero-order valence-electron chi connectivity index (χ0n) is 18.9. The number of aromatic nitrogens is 6. The molecule has 2 N–H and O–H groups in total. The maximum Gasteiger partial charge on any atom is 0.243 e. The fourth-order valence-corrected chi connectivity index (χ4v) is 3.82. The Balaban J connectivity index is 1.69. The summed E-state index contributed by atoms with van der Waals surface area (Å²) in [6.07, 6.45) is 6.19. The fourth-order valence-electron chi connectivity index (χ4n) is 3.82. The van der Waals surface area contributed by atoms with Crippen LogP contribution in [0.5, 0.6) is 5.75 Å². The summed E-state index contributed by atoms with van der Waals surface area (Å²) >= 11 is 0. The molecule has 1 saturated heterocycles. The zero-order valence-corrected chi connectivity index (χ0v) is 18.9. The molecule has 3 aromatic heterocycles. The van der Waals surface area contributed by atoms with E-state index in [0.29, 0.717) is 41.6 Å². The molecule has 4 rings (SSSR count). The van der Waals surface area contributed by atoms with Crippen molar-refractivity contribution in [3.63, 3.8) is 0 Å². The summed E-state index contributed by atoms with van der Waals surface area (Å²) in [7, 11) is 0. The van der Waals surface area contributed by atoms with Crippen molar-refractivity contribution in [2.24, 2.45) is 5.92 Å². The highest BCUT2D eigenvalue weighted by Crippen LogP contribution is 2.33. The Morgan fingerprint density at radius 3 is 2.90 bits per heavy atom. The van der Waals surface area contributed by atoms with Crippen molar-refractivity contribution >= 4 is 11.6 Å². The Hall–Kier alpha value is -2.72. The molecule has 0 bridgehead atoms. The van der Waals surface area contributed by atoms with Crippen LogP contribution < -0.4 is 15.4 Å². The average Bonchev–Trinajstić information content (AvgIpc) is 3.37. The van der Waals surface area contributed by atoms with Crippen LogP contribution in [0.25, 0.3) is 16.9 Å². The van der Waals surface area contributed by atoms with Gasteiger partial charge in [-0.25, -0.2) is 9.67 Å². The second kappa shape index (κ2) is 9.19. The van der Waals surface area contributed by atoms with Crippen molar-refractivity contribution in [1.29, 1.82) is 0 Å². The topological polar surface area (TPSA) is 103 Å². The normalized spacial score (nSPS) is 20.3. The number of nitrogens with one attached hydrogen (secondary N) is 2. The van der Waals surface area contributed by atoms with E-state index in [1.54, 1.807) is 21.7 Å². The van der Waals surface area contributed by atoms with Crippen LogP contribution in [0.2, 0.25) is 0 Å². The quantitative estimate of drug-likeness (QED) is 0.565. The maximum atomic E-state index is 6.16. The van der Waals surface area contributed by atoms with Crippen LogP contribution in [-0.4, -0.2) is 61.2 Å². The van der Waals surface area contributed by atoms with E-state index in [0.717, 1.165) is 25.1 Å². The lowest BCUT2D eigenvalue weighted by atomic mass is 9.95. The molecule has 0 aromatic carbocycles. The molecule has 31 heavy (non-hydrogen) atoms. The Morgan fingerprint density at radius 2 is 2.16 bits per heavy atom. The van der Waals surface area contributed by atoms with Crippen LogP contribution >= 0.6 is 0 Å². The van der Waals surface area contributed by atoms with Crippen molar-refractivity contribution in [2.75, 3.05) is 25.0 Å². The molecule has 10 heteroatoms. The molecule has 0 spiro atoms. The number of hydrogen-bond donors (Lipinski definition) is 2. The van der Waals surface area contributed by atoms with Crippen molar-refractivity contribution in [3.8, 4) is 17.0 Å². The van der Waals surface area contributed by atoms with E-state index in [1.165, 1.54) is 0 Å². The first-order valence-corrected chi connectivity index (χ1v) is 11.0. The summed E-state index contributed by atoms with van der Waals surface area (Å²) < 4.78 is 15.2. The number of rotatable bonds is 8. The van der Waals surface area contributed by atoms with Gasteiger partial charge in [0.15, 0.2) is 5.75 Å². The molecule has 1 aliphatic rings. The molecule has 0 saturated carbocycles. The predicted molar refractivity (Wildman–Crippen MR) is 118 cm³/mol. The molecule has 3 aromatic rings. The highest BCUT2D eigenvalue weighted by molar-refractivity contribution is 5.74. The van der Waals surface area contributed by atoms with Gasteiger partial charge in [0.1, 0.15) is 18.2 Å². The minimum absolute atomic E-state index is 0.0401. The fraction of sp³-hybridized carbons (Fsp3) is 0.619. The lowest BCUT2D eigenvalue weighted by Gasteiger charge is -2.29. The van der Waals surface area contributed by atoms with E-state index in [4.69, 9.17) is 14.5 Å². The van der Waals surface area contributed by atoms with Crippen LogP contribution in [0, 0.1) is 5.92 Å². The minimum atomic E-state index is -0.159. The van der Waals surface area contributed by atoms with Gasteiger partial charge in [0.05, 0.1) is 12.3 Å². The first-order valence-electron chi connectivity index (χ1n) is 11.0. The number of hydrogen-bond acceptors (Lipinski definition) is 8. The van der Waals surface area contributed by atoms with Gasteiger partial charge in [-0.05, 0) is 53.1 Å². The van der Waals surface area contributed by atoms with Crippen LogP contribution in [-0.2, 0) is 4.74 Å². The van der Waals surface area contributed by atoms with E-state index in [2.05, 4.69) is 32.7 Å². The van der Waals surface area contributed by atoms with Crippen molar-refractivity contribution in [1.82, 2.24) is 34.7 Å². The molecule has 4 heterocycles. The third kappa shape index (κ3) is 4.64. The van der Waals surface area contributed by atoms with Gasteiger partial charge in [0.2, 0.25) is 11.6 Å². The molecule has 0 radical (unpaired) electrons. The molecule has 0 amide bonds. The largest absolute Gasteiger partial charge is 0.485 e. The van der Waals surface area contributed by atoms with Crippen LogP contribution in [0.3, 0.4) is 0 Å². The Labute approximate surface area is 182 Å². The Bertz CT molecular complexity index is 1010. The van der Waals surface area contributed by atoms with E-state index >= 15 is 0 Å². The summed E-state index contributed by atoms with van der Waals surface area (Å²) in [5, 5.41) is 15.9. The second-order valence-electron chi connectivity index (χ2n) is 8.28. The summed E-state index contributed by atoms with van der Waals surface area (Å²) in [5.74, 6) is 1.69. The Kier molecular flexibility index (Phi) is 6.38. The summed E-state index contributed by atoms with van der Waals surface area (Å²) in [6.45, 7) is 12.7. The number of fused-ring (bicyclic) bond motifs is 1. The predicted octanol–water partition coefficient (Wildman–Crippen LogP) is 2.74. The van der Waals surface area contributed by atoms with Crippen LogP contribution in [0.15, 0.2) is 18.7 Å². The van der Waals surface area contributed by atoms with Gasteiger partial charge in [0, 0.05) is 24.4 Å². The van der Waals surface area contributed by atoms with Gasteiger partial charge in [-0.1, -0.05) is 6.92 Å². The molecule has 168 valence electrons. The van der Waals surface area contributed by atoms with Gasteiger partial charge in [-0.2, -0.15) is 14.6 Å². The monoisotopic (exact) mass is 428 g/mol. The minimum Gasteiger partial charge on any atom is -0.485 e. The molecule has 1 aliphatic heterocycles. The van der Waals surface area contributed by atoms with Gasteiger partial charge >= 0.3 is 0 Å². The van der Waals surface area contributed by atoms with E-state index in [9.17, 15) is 0 Å². The summed E-state index contributed by atoms with van der Waals surface area (Å²) in [4.78, 5) is 9.38. The molecular formula is C21H32N8O2. The lowest BCUT2D eigenvalue weighted by molar-refractivity contribution is 0.0160. The summed E-state index contributed by atoms with van der Waals surface area (Å²) in [5.41, 5.74) is 2.16. The molecule has 1 unspecified atom stereocenters. The third-order valence-electron chi connectivity index (χ3n) is 5.45. The molecule has 10 nitrogen and oxygen atoms in total. The zero-order chi connectivity index (χ0) is 22.0. The molecule has 3 atom stereocenters. The van der Waals surface area contributed by atoms with E-state index in [1.807, 2.05) is 33.9 Å². The third-order valence-corrected chi connectivity index (χ3v) is 5.45. The number of piperidine rings is 1.